The SMILES string of the molecule is CC(=O)CCC(=O)c1ccc(O)cc1. The van der Waals surface area contributed by atoms with Crippen LogP contribution in [-0.2, 0) is 4.79 Å². The van der Waals surface area contributed by atoms with Gasteiger partial charge in [-0.05, 0) is 31.2 Å². The van der Waals surface area contributed by atoms with Gasteiger partial charge in [-0.2, -0.15) is 0 Å². The largest absolute Gasteiger partial charge is 0.508 e. The van der Waals surface area contributed by atoms with Crippen LogP contribution in [-0.4, -0.2) is 16.7 Å². The minimum atomic E-state index is -0.0693. The third-order valence-electron chi connectivity index (χ3n) is 1.89. The summed E-state index contributed by atoms with van der Waals surface area (Å²) >= 11 is 0. The fraction of sp³-hybridized carbons (Fsp3) is 0.273. The van der Waals surface area contributed by atoms with Crippen molar-refractivity contribution in [1.82, 2.24) is 0 Å². The van der Waals surface area contributed by atoms with Crippen LogP contribution in [0.2, 0.25) is 0 Å². The van der Waals surface area contributed by atoms with Gasteiger partial charge in [0.2, 0.25) is 0 Å². The van der Waals surface area contributed by atoms with Crippen LogP contribution in [0.1, 0.15) is 30.1 Å². The molecule has 0 aliphatic carbocycles. The van der Waals surface area contributed by atoms with Crippen molar-refractivity contribution in [2.75, 3.05) is 0 Å². The van der Waals surface area contributed by atoms with E-state index in [0.29, 0.717) is 5.56 Å². The molecule has 0 spiro atoms. The minimum Gasteiger partial charge on any atom is -0.508 e. The average molecular weight is 192 g/mol. The molecule has 0 aromatic heterocycles. The van der Waals surface area contributed by atoms with Gasteiger partial charge >= 0.3 is 0 Å². The number of benzene rings is 1. The number of carbonyl (C=O) groups is 2. The molecule has 14 heavy (non-hydrogen) atoms. The standard InChI is InChI=1S/C11H12O3/c1-8(12)2-7-11(14)9-3-5-10(13)6-4-9/h3-6,13H,2,7H2,1H3. The van der Waals surface area contributed by atoms with Crippen LogP contribution in [0, 0.1) is 0 Å². The van der Waals surface area contributed by atoms with Crippen molar-refractivity contribution in [2.45, 2.75) is 19.8 Å². The van der Waals surface area contributed by atoms with Gasteiger partial charge in [0.15, 0.2) is 5.78 Å². The van der Waals surface area contributed by atoms with E-state index in [1.54, 1.807) is 12.1 Å². The summed E-state index contributed by atoms with van der Waals surface area (Å²) in [5, 5.41) is 8.99. The number of rotatable bonds is 4. The first-order valence-corrected chi connectivity index (χ1v) is 4.41. The second kappa shape index (κ2) is 4.56. The van der Waals surface area contributed by atoms with Gasteiger partial charge in [0.25, 0.3) is 0 Å². The summed E-state index contributed by atoms with van der Waals surface area (Å²) in [5.74, 6) is 0.0745. The molecule has 0 atom stereocenters. The number of Topliss-reactive ketones (excluding diaryl/α,β-unsaturated/α-hetero) is 2. The minimum absolute atomic E-state index is 0.0112. The predicted molar refractivity (Wildman–Crippen MR) is 52.4 cm³/mol. The quantitative estimate of drug-likeness (QED) is 0.742. The number of ketones is 2. The molecule has 0 saturated carbocycles. The molecule has 0 fully saturated rings. The van der Waals surface area contributed by atoms with E-state index < -0.39 is 0 Å². The van der Waals surface area contributed by atoms with Gasteiger partial charge in [-0.1, -0.05) is 0 Å². The molecule has 0 bridgehead atoms. The van der Waals surface area contributed by atoms with E-state index in [1.807, 2.05) is 0 Å². The van der Waals surface area contributed by atoms with E-state index in [-0.39, 0.29) is 30.2 Å². The highest BCUT2D eigenvalue weighted by molar-refractivity contribution is 5.97. The fourth-order valence-corrected chi connectivity index (χ4v) is 1.08. The van der Waals surface area contributed by atoms with Crippen molar-refractivity contribution in [1.29, 1.82) is 0 Å². The zero-order chi connectivity index (χ0) is 10.6. The molecule has 3 heteroatoms. The van der Waals surface area contributed by atoms with Crippen molar-refractivity contribution < 1.29 is 14.7 Å². The maximum Gasteiger partial charge on any atom is 0.163 e. The van der Waals surface area contributed by atoms with E-state index in [1.165, 1.54) is 19.1 Å². The number of phenols is 1. The third-order valence-corrected chi connectivity index (χ3v) is 1.89. The molecule has 1 N–H and O–H groups in total. The zero-order valence-corrected chi connectivity index (χ0v) is 7.99. The maximum atomic E-state index is 11.4. The molecule has 0 radical (unpaired) electrons. The molecule has 0 saturated heterocycles. The smallest absolute Gasteiger partial charge is 0.163 e. The van der Waals surface area contributed by atoms with Gasteiger partial charge in [0, 0.05) is 18.4 Å². The van der Waals surface area contributed by atoms with Crippen LogP contribution in [0.5, 0.6) is 5.75 Å². The average Bonchev–Trinajstić information content (AvgIpc) is 2.15. The number of aromatic hydroxyl groups is 1. The molecule has 74 valence electrons. The Morgan fingerprint density at radius 1 is 1.14 bits per heavy atom. The van der Waals surface area contributed by atoms with Crippen LogP contribution in [0.15, 0.2) is 24.3 Å². The summed E-state index contributed by atoms with van der Waals surface area (Å²) in [6.07, 6.45) is 0.514. The molecule has 1 aromatic rings. The Kier molecular flexibility index (Phi) is 3.40. The summed E-state index contributed by atoms with van der Waals surface area (Å²) < 4.78 is 0. The van der Waals surface area contributed by atoms with Gasteiger partial charge < -0.3 is 9.90 Å². The normalized spacial score (nSPS) is 9.79. The van der Waals surface area contributed by atoms with Crippen molar-refractivity contribution in [3.05, 3.63) is 29.8 Å². The van der Waals surface area contributed by atoms with Crippen LogP contribution in [0.25, 0.3) is 0 Å². The maximum absolute atomic E-state index is 11.4. The van der Waals surface area contributed by atoms with Crippen LogP contribution in [0.3, 0.4) is 0 Å². The van der Waals surface area contributed by atoms with Crippen LogP contribution in [0.4, 0.5) is 0 Å². The van der Waals surface area contributed by atoms with Crippen molar-refractivity contribution in [3.63, 3.8) is 0 Å². The highest BCUT2D eigenvalue weighted by Crippen LogP contribution is 2.11. The lowest BCUT2D eigenvalue weighted by Gasteiger charge is -1.99. The Hall–Kier alpha value is -1.64. The highest BCUT2D eigenvalue weighted by atomic mass is 16.3. The predicted octanol–water partition coefficient (Wildman–Crippen LogP) is 1.94. The Labute approximate surface area is 82.4 Å². The summed E-state index contributed by atoms with van der Waals surface area (Å²) in [5.41, 5.74) is 0.532. The second-order valence-electron chi connectivity index (χ2n) is 3.17. The van der Waals surface area contributed by atoms with Crippen molar-refractivity contribution in [3.8, 4) is 5.75 Å². The van der Waals surface area contributed by atoms with Crippen LogP contribution < -0.4 is 0 Å². The first kappa shape index (κ1) is 10.4. The summed E-state index contributed by atoms with van der Waals surface area (Å²) in [6.45, 7) is 1.46. The number of hydrogen-bond acceptors (Lipinski definition) is 3. The summed E-state index contributed by atoms with van der Waals surface area (Å²) in [4.78, 5) is 22.1. The zero-order valence-electron chi connectivity index (χ0n) is 7.99. The molecular weight excluding hydrogens is 180 g/mol. The first-order valence-electron chi connectivity index (χ1n) is 4.41. The summed E-state index contributed by atoms with van der Waals surface area (Å²) in [6, 6.07) is 6.03. The molecule has 1 rings (SSSR count). The molecule has 0 amide bonds. The van der Waals surface area contributed by atoms with Crippen molar-refractivity contribution in [2.24, 2.45) is 0 Å². The third kappa shape index (κ3) is 3.01. The van der Waals surface area contributed by atoms with Gasteiger partial charge in [-0.25, -0.2) is 0 Å². The molecule has 0 aliphatic rings. The topological polar surface area (TPSA) is 54.4 Å². The van der Waals surface area contributed by atoms with Crippen LogP contribution >= 0.6 is 0 Å². The fourth-order valence-electron chi connectivity index (χ4n) is 1.08. The number of carbonyl (C=O) groups excluding carboxylic acids is 2. The molecular formula is C11H12O3. The van der Waals surface area contributed by atoms with E-state index in [0.717, 1.165) is 0 Å². The van der Waals surface area contributed by atoms with E-state index in [4.69, 9.17) is 5.11 Å². The van der Waals surface area contributed by atoms with Gasteiger partial charge in [-0.3, -0.25) is 4.79 Å². The van der Waals surface area contributed by atoms with Gasteiger partial charge in [-0.15, -0.1) is 0 Å². The lowest BCUT2D eigenvalue weighted by atomic mass is 10.1. The molecule has 0 heterocycles. The molecule has 0 aliphatic heterocycles. The first-order chi connectivity index (χ1) is 6.59. The number of hydrogen-bond donors (Lipinski definition) is 1. The van der Waals surface area contributed by atoms with Crippen molar-refractivity contribution >= 4 is 11.6 Å². The Morgan fingerprint density at radius 2 is 1.71 bits per heavy atom. The Bertz CT molecular complexity index is 338. The highest BCUT2D eigenvalue weighted by Gasteiger charge is 2.06. The van der Waals surface area contributed by atoms with E-state index >= 15 is 0 Å². The second-order valence-corrected chi connectivity index (χ2v) is 3.17. The summed E-state index contributed by atoms with van der Waals surface area (Å²) in [7, 11) is 0. The monoisotopic (exact) mass is 192 g/mol. The number of phenolic OH excluding ortho intramolecular Hbond substituents is 1. The van der Waals surface area contributed by atoms with E-state index in [2.05, 4.69) is 0 Å². The van der Waals surface area contributed by atoms with Gasteiger partial charge in [0.1, 0.15) is 11.5 Å². The lowest BCUT2D eigenvalue weighted by Crippen LogP contribution is -2.01. The van der Waals surface area contributed by atoms with E-state index in [9.17, 15) is 9.59 Å². The molecule has 3 nitrogen and oxygen atoms in total. The lowest BCUT2D eigenvalue weighted by molar-refractivity contribution is -0.116. The Morgan fingerprint density at radius 3 is 2.21 bits per heavy atom. The molecule has 0 unspecified atom stereocenters. The van der Waals surface area contributed by atoms with Gasteiger partial charge in [0.05, 0.1) is 0 Å². The molecule has 1 aromatic carbocycles. The Balaban J connectivity index is 2.61.